The summed E-state index contributed by atoms with van der Waals surface area (Å²) >= 11 is 7.73. The highest BCUT2D eigenvalue weighted by atomic mass is 35.5. The Bertz CT molecular complexity index is 2010. The van der Waals surface area contributed by atoms with Crippen molar-refractivity contribution in [1.82, 2.24) is 19.7 Å². The van der Waals surface area contributed by atoms with Gasteiger partial charge in [0, 0.05) is 33.0 Å². The van der Waals surface area contributed by atoms with E-state index in [0.717, 1.165) is 87.7 Å². The zero-order valence-electron chi connectivity index (χ0n) is 27.9. The molecular weight excluding hydrogens is 670 g/mol. The molecule has 2 saturated heterocycles. The molecule has 0 spiro atoms. The Morgan fingerprint density at radius 3 is 2.41 bits per heavy atom. The SMILES string of the molecule is Cc1cc2nc(-c3ccc4c(c3)c(C3CCN(C5COC5)CC3)nn4CC(F)F)sc2c(-c2ccc(Cl)cc2)c1C(OC(C)(C)C)C(=O)O. The Hall–Kier alpha value is -3.48. The smallest absolute Gasteiger partial charge is 0.337 e. The van der Waals surface area contributed by atoms with Gasteiger partial charge in [0.2, 0.25) is 0 Å². The Morgan fingerprint density at radius 2 is 1.80 bits per heavy atom. The van der Waals surface area contributed by atoms with Crippen LogP contribution >= 0.6 is 22.9 Å². The predicted octanol–water partition coefficient (Wildman–Crippen LogP) is 8.73. The van der Waals surface area contributed by atoms with Crippen LogP contribution in [0.2, 0.25) is 5.02 Å². The number of fused-ring (bicyclic) bond motifs is 2. The Kier molecular flexibility index (Phi) is 9.25. The van der Waals surface area contributed by atoms with Crippen LogP contribution in [-0.4, -0.2) is 75.1 Å². The first-order valence-corrected chi connectivity index (χ1v) is 17.8. The van der Waals surface area contributed by atoms with E-state index in [1.54, 1.807) is 12.1 Å². The molecule has 0 saturated carbocycles. The van der Waals surface area contributed by atoms with Crippen molar-refractivity contribution in [2.75, 3.05) is 26.3 Å². The number of hydrogen-bond donors (Lipinski definition) is 1. The van der Waals surface area contributed by atoms with E-state index in [9.17, 15) is 18.7 Å². The number of rotatable bonds is 9. The molecule has 0 radical (unpaired) electrons. The fourth-order valence-electron chi connectivity index (χ4n) is 7.04. The molecule has 1 N–H and O–H groups in total. The molecule has 1 atom stereocenters. The monoisotopic (exact) mass is 708 g/mol. The summed E-state index contributed by atoms with van der Waals surface area (Å²) in [4.78, 5) is 20.2. The van der Waals surface area contributed by atoms with Gasteiger partial charge in [-0.3, -0.25) is 9.58 Å². The Morgan fingerprint density at radius 1 is 1.10 bits per heavy atom. The molecule has 3 aromatic carbocycles. The second kappa shape index (κ2) is 13.3. The molecule has 49 heavy (non-hydrogen) atoms. The van der Waals surface area contributed by atoms with Crippen LogP contribution < -0.4 is 0 Å². The van der Waals surface area contributed by atoms with Gasteiger partial charge in [-0.15, -0.1) is 11.3 Å². The molecule has 8 nitrogen and oxygen atoms in total. The second-order valence-corrected chi connectivity index (χ2v) is 15.4. The molecule has 5 aromatic rings. The van der Waals surface area contributed by atoms with Gasteiger partial charge in [-0.2, -0.15) is 5.10 Å². The van der Waals surface area contributed by atoms with Crippen LogP contribution in [0.3, 0.4) is 0 Å². The average Bonchev–Trinajstić information content (AvgIpc) is 3.60. The standard InChI is InChI=1S/C37H39ClF2N4O4S/c1-20-15-27-34(31(21-5-8-24(38)9-6-21)30(20)33(36(45)46)48-37(2,3)4)49-35(41-27)23-7-10-28-26(16-23)32(42-44(28)17-29(39)40)22-11-13-43(14-12-22)25-18-47-19-25/h5-10,15-16,22,25,29,33H,11-14,17-19H2,1-4H3,(H,45,46). The average molecular weight is 709 g/mol. The normalized spacial score (nSPS) is 17.3. The van der Waals surface area contributed by atoms with Crippen molar-refractivity contribution in [2.45, 2.75) is 77.2 Å². The van der Waals surface area contributed by atoms with Crippen LogP contribution in [0.25, 0.3) is 42.8 Å². The molecule has 2 fully saturated rings. The number of ether oxygens (including phenoxy) is 2. The first-order chi connectivity index (χ1) is 23.4. The van der Waals surface area contributed by atoms with Gasteiger partial charge in [-0.1, -0.05) is 23.7 Å². The molecule has 258 valence electrons. The number of carbonyl (C=O) groups is 1. The maximum Gasteiger partial charge on any atom is 0.337 e. The summed E-state index contributed by atoms with van der Waals surface area (Å²) in [5.74, 6) is -0.926. The molecule has 2 aliphatic heterocycles. The molecule has 2 aromatic heterocycles. The zero-order valence-corrected chi connectivity index (χ0v) is 29.5. The summed E-state index contributed by atoms with van der Waals surface area (Å²) < 4.78 is 41.2. The number of aryl methyl sites for hydroxylation is 1. The Balaban J connectivity index is 1.35. The number of likely N-dealkylation sites (tertiary alicyclic amines) is 1. The topological polar surface area (TPSA) is 89.7 Å². The zero-order chi connectivity index (χ0) is 34.6. The first kappa shape index (κ1) is 34.0. The summed E-state index contributed by atoms with van der Waals surface area (Å²) in [6.45, 7) is 10.3. The van der Waals surface area contributed by atoms with Crippen molar-refractivity contribution in [3.63, 3.8) is 0 Å². The predicted molar refractivity (Wildman–Crippen MR) is 189 cm³/mol. The van der Waals surface area contributed by atoms with Crippen LogP contribution in [-0.2, 0) is 20.8 Å². The maximum absolute atomic E-state index is 13.7. The molecule has 12 heteroatoms. The lowest BCUT2D eigenvalue weighted by atomic mass is 9.90. The van der Waals surface area contributed by atoms with Gasteiger partial charge in [0.05, 0.1) is 46.3 Å². The van der Waals surface area contributed by atoms with Crippen LogP contribution in [0.4, 0.5) is 8.78 Å². The van der Waals surface area contributed by atoms with Crippen molar-refractivity contribution >= 4 is 50.0 Å². The second-order valence-electron chi connectivity index (χ2n) is 14.0. The number of hydrogen-bond acceptors (Lipinski definition) is 7. The van der Waals surface area contributed by atoms with Gasteiger partial charge in [0.15, 0.2) is 6.10 Å². The van der Waals surface area contributed by atoms with E-state index < -0.39 is 30.6 Å². The lowest BCUT2D eigenvalue weighted by Crippen LogP contribution is -2.51. The molecular formula is C37H39ClF2N4O4S. The summed E-state index contributed by atoms with van der Waals surface area (Å²) in [5, 5.41) is 17.4. The largest absolute Gasteiger partial charge is 0.479 e. The number of piperidine rings is 1. The summed E-state index contributed by atoms with van der Waals surface area (Å²) in [7, 11) is 0. The molecule has 1 unspecified atom stereocenters. The number of carboxylic acid groups (broad SMARTS) is 1. The number of carboxylic acids is 1. The third kappa shape index (κ3) is 6.83. The quantitative estimate of drug-likeness (QED) is 0.164. The minimum atomic E-state index is -2.53. The lowest BCUT2D eigenvalue weighted by Gasteiger charge is -2.41. The lowest BCUT2D eigenvalue weighted by molar-refractivity contribution is -0.160. The van der Waals surface area contributed by atoms with Gasteiger partial charge in [-0.25, -0.2) is 18.6 Å². The van der Waals surface area contributed by atoms with Gasteiger partial charge in [0.1, 0.15) is 11.6 Å². The van der Waals surface area contributed by atoms with Crippen molar-refractivity contribution in [2.24, 2.45) is 0 Å². The number of thiazole rings is 1. The highest BCUT2D eigenvalue weighted by Gasteiger charge is 2.34. The van der Waals surface area contributed by atoms with Gasteiger partial charge >= 0.3 is 5.97 Å². The van der Waals surface area contributed by atoms with Gasteiger partial charge in [0.25, 0.3) is 6.43 Å². The highest BCUT2D eigenvalue weighted by molar-refractivity contribution is 7.22. The van der Waals surface area contributed by atoms with Crippen LogP contribution in [0.5, 0.6) is 0 Å². The van der Waals surface area contributed by atoms with Crippen molar-refractivity contribution in [3.05, 3.63) is 70.4 Å². The van der Waals surface area contributed by atoms with E-state index in [1.165, 1.54) is 16.0 Å². The highest BCUT2D eigenvalue weighted by Crippen LogP contribution is 2.45. The molecule has 0 aliphatic carbocycles. The first-order valence-electron chi connectivity index (χ1n) is 16.6. The maximum atomic E-state index is 13.7. The minimum Gasteiger partial charge on any atom is -0.479 e. The number of aliphatic carboxylic acids is 1. The third-order valence-electron chi connectivity index (χ3n) is 9.41. The summed E-state index contributed by atoms with van der Waals surface area (Å²) in [6, 6.07) is 15.5. The number of nitrogens with zero attached hydrogens (tertiary/aromatic N) is 4. The van der Waals surface area contributed by atoms with E-state index in [1.807, 2.05) is 64.1 Å². The third-order valence-corrected chi connectivity index (χ3v) is 10.8. The van der Waals surface area contributed by atoms with E-state index in [2.05, 4.69) is 4.90 Å². The molecule has 0 amide bonds. The molecule has 7 rings (SSSR count). The number of aromatic nitrogens is 3. The van der Waals surface area contributed by atoms with E-state index >= 15 is 0 Å². The number of alkyl halides is 2. The van der Waals surface area contributed by atoms with Crippen LogP contribution in [0.1, 0.15) is 62.5 Å². The fraction of sp³-hybridized carbons (Fsp3) is 0.432. The van der Waals surface area contributed by atoms with Crippen molar-refractivity contribution in [3.8, 4) is 21.7 Å². The van der Waals surface area contributed by atoms with Crippen molar-refractivity contribution < 1.29 is 28.2 Å². The van der Waals surface area contributed by atoms with E-state index in [0.29, 0.717) is 22.1 Å². The number of benzene rings is 3. The summed E-state index contributed by atoms with van der Waals surface area (Å²) in [6.07, 6.45) is -1.95. The number of halogens is 3. The minimum absolute atomic E-state index is 0.154. The molecule has 2 aliphatic rings. The molecule has 0 bridgehead atoms. The molecule has 4 heterocycles. The van der Waals surface area contributed by atoms with Crippen LogP contribution in [0.15, 0.2) is 48.5 Å². The van der Waals surface area contributed by atoms with Gasteiger partial charge in [-0.05, 0) is 101 Å². The van der Waals surface area contributed by atoms with Gasteiger partial charge < -0.3 is 14.6 Å². The Labute approximate surface area is 292 Å². The van der Waals surface area contributed by atoms with Crippen LogP contribution in [0, 0.1) is 6.92 Å². The fourth-order valence-corrected chi connectivity index (χ4v) is 8.29. The van der Waals surface area contributed by atoms with E-state index in [4.69, 9.17) is 31.2 Å². The van der Waals surface area contributed by atoms with E-state index in [-0.39, 0.29) is 5.92 Å². The summed E-state index contributed by atoms with van der Waals surface area (Å²) in [5.41, 5.74) is 5.25. The van der Waals surface area contributed by atoms with Crippen molar-refractivity contribution in [1.29, 1.82) is 0 Å².